The zero-order valence-corrected chi connectivity index (χ0v) is 8.24. The standard InChI is InChI=1S/C4H9O.2ClH.Ti/c1-4(2,3)5;;;/h1-3H3;2*1H;/q-1;;;+3/p-2. The second kappa shape index (κ2) is 6.38. The maximum absolute atomic E-state index is 4.94. The Hall–Kier alpha value is 1.25. The predicted molar refractivity (Wildman–Crippen MR) is 20.8 cm³/mol. The van der Waals surface area contributed by atoms with E-state index in [1.54, 1.807) is 20.8 Å². The van der Waals surface area contributed by atoms with Crippen LogP contribution in [0, 0.1) is 0 Å². The zero-order valence-electron chi connectivity index (χ0n) is 5.16. The number of rotatable bonds is 0. The maximum Gasteiger partial charge on any atom is -1.00 e. The van der Waals surface area contributed by atoms with Crippen LogP contribution in [0.1, 0.15) is 20.8 Å². The van der Waals surface area contributed by atoms with Crippen LogP contribution in [0.3, 0.4) is 0 Å². The van der Waals surface area contributed by atoms with E-state index in [0.29, 0.717) is 0 Å². The van der Waals surface area contributed by atoms with Crippen molar-refractivity contribution in [3.63, 3.8) is 0 Å². The summed E-state index contributed by atoms with van der Waals surface area (Å²) < 4.78 is 4.94. The quantitative estimate of drug-likeness (QED) is 0.350. The molecule has 0 aliphatic heterocycles. The van der Waals surface area contributed by atoms with Gasteiger partial charge in [-0.15, -0.1) is 0 Å². The zero-order chi connectivity index (χ0) is 5.21. The van der Waals surface area contributed by atoms with Crippen molar-refractivity contribution in [2.75, 3.05) is 0 Å². The Kier molecular flexibility index (Phi) is 12.8. The molecule has 0 unspecified atom stereocenters. The number of hydrogen-bond acceptors (Lipinski definition) is 1. The fraction of sp³-hybridized carbons (Fsp3) is 1.00. The van der Waals surface area contributed by atoms with Crippen LogP contribution in [0.5, 0.6) is 0 Å². The fourth-order valence-electron chi connectivity index (χ4n) is 0. The van der Waals surface area contributed by atoms with Crippen LogP contribution in [-0.4, -0.2) is 5.60 Å². The van der Waals surface area contributed by atoms with Gasteiger partial charge in [0.2, 0.25) is 0 Å². The summed E-state index contributed by atoms with van der Waals surface area (Å²) in [5.41, 5.74) is 0.0417. The van der Waals surface area contributed by atoms with Crippen molar-refractivity contribution >= 4 is 0 Å². The molecule has 0 aliphatic carbocycles. The molecule has 0 radical (unpaired) electrons. The van der Waals surface area contributed by atoms with Crippen molar-refractivity contribution < 1.29 is 49.0 Å². The molecular weight excluding hydrogens is 183 g/mol. The minimum Gasteiger partial charge on any atom is -1.00 e. The summed E-state index contributed by atoms with van der Waals surface area (Å²) >= 11 is 1.71. The van der Waals surface area contributed by atoms with E-state index in [2.05, 4.69) is 0 Å². The van der Waals surface area contributed by atoms with Gasteiger partial charge in [0.1, 0.15) is 0 Å². The van der Waals surface area contributed by atoms with E-state index in [4.69, 9.17) is 3.32 Å². The third kappa shape index (κ3) is 15.7. The summed E-state index contributed by atoms with van der Waals surface area (Å²) in [6.07, 6.45) is 0. The van der Waals surface area contributed by atoms with E-state index < -0.39 is 0 Å². The summed E-state index contributed by atoms with van der Waals surface area (Å²) in [7, 11) is 0. The SMILES string of the molecule is CC(C)(C)[O][Ti+2].[Cl-].[Cl-]. The molecule has 0 aromatic carbocycles. The Balaban J connectivity index is -0.000000125. The minimum absolute atomic E-state index is 0. The average Bonchev–Trinajstić information content (AvgIpc) is 1.35. The van der Waals surface area contributed by atoms with Gasteiger partial charge in [0, 0.05) is 0 Å². The summed E-state index contributed by atoms with van der Waals surface area (Å²) in [6.45, 7) is 6.06. The maximum atomic E-state index is 4.94. The molecule has 1 nitrogen and oxygen atoms in total. The third-order valence-electron chi connectivity index (χ3n) is 0.306. The van der Waals surface area contributed by atoms with Crippen molar-refractivity contribution in [3.05, 3.63) is 0 Å². The molecule has 0 aliphatic rings. The minimum atomic E-state index is 0. The van der Waals surface area contributed by atoms with Gasteiger partial charge in [-0.1, -0.05) is 0 Å². The molecule has 0 amide bonds. The molecule has 0 atom stereocenters. The van der Waals surface area contributed by atoms with Gasteiger partial charge in [-0.25, -0.2) is 0 Å². The predicted octanol–water partition coefficient (Wildman–Crippen LogP) is -4.73. The molecule has 4 heteroatoms. The van der Waals surface area contributed by atoms with Crippen molar-refractivity contribution in [2.45, 2.75) is 26.4 Å². The normalized spacial score (nSPS) is 9.12. The molecule has 0 rings (SSSR count). The van der Waals surface area contributed by atoms with E-state index in [0.717, 1.165) is 0 Å². The monoisotopic (exact) mass is 191 g/mol. The molecule has 0 N–H and O–H groups in total. The third-order valence-corrected chi connectivity index (χ3v) is 1.26. The van der Waals surface area contributed by atoms with Crippen LogP contribution in [-0.2, 0) is 24.1 Å². The van der Waals surface area contributed by atoms with Gasteiger partial charge < -0.3 is 24.8 Å². The Bertz CT molecular complexity index is 43.8. The van der Waals surface area contributed by atoms with Gasteiger partial charge in [0.15, 0.2) is 0 Å². The molecular formula is C4H9Cl2OTi. The van der Waals surface area contributed by atoms with Crippen molar-refractivity contribution in [1.29, 1.82) is 0 Å². The molecule has 0 aromatic rings. The van der Waals surface area contributed by atoms with Crippen LogP contribution >= 0.6 is 0 Å². The first-order valence-corrected chi connectivity index (χ1v) is 2.55. The Morgan fingerprint density at radius 1 is 1.12 bits per heavy atom. The van der Waals surface area contributed by atoms with Crippen LogP contribution in [0.15, 0.2) is 0 Å². The van der Waals surface area contributed by atoms with Gasteiger partial charge in [-0.2, -0.15) is 0 Å². The second-order valence-electron chi connectivity index (χ2n) is 2.21. The molecule has 0 saturated carbocycles. The van der Waals surface area contributed by atoms with Crippen LogP contribution < -0.4 is 24.8 Å². The van der Waals surface area contributed by atoms with Crippen molar-refractivity contribution in [2.24, 2.45) is 0 Å². The summed E-state index contributed by atoms with van der Waals surface area (Å²) in [5, 5.41) is 0. The van der Waals surface area contributed by atoms with Gasteiger partial charge >= 0.3 is 50.5 Å². The molecule has 0 heterocycles. The summed E-state index contributed by atoms with van der Waals surface area (Å²) in [6, 6.07) is 0. The van der Waals surface area contributed by atoms with Gasteiger partial charge in [0.25, 0.3) is 0 Å². The Morgan fingerprint density at radius 3 is 1.25 bits per heavy atom. The van der Waals surface area contributed by atoms with Gasteiger partial charge in [-0.3, -0.25) is 0 Å². The molecule has 0 bridgehead atoms. The first kappa shape index (κ1) is 16.1. The van der Waals surface area contributed by atoms with E-state index >= 15 is 0 Å². The molecule has 0 spiro atoms. The van der Waals surface area contributed by atoms with Crippen molar-refractivity contribution in [1.82, 2.24) is 0 Å². The largest absolute Gasteiger partial charge is 1.00 e. The molecule has 0 fully saturated rings. The molecule has 8 heavy (non-hydrogen) atoms. The molecule has 49 valence electrons. The second-order valence-corrected chi connectivity index (χ2v) is 2.53. The summed E-state index contributed by atoms with van der Waals surface area (Å²) in [5.74, 6) is 0. The Morgan fingerprint density at radius 2 is 1.25 bits per heavy atom. The summed E-state index contributed by atoms with van der Waals surface area (Å²) in [4.78, 5) is 0. The Labute approximate surface area is 75.3 Å². The van der Waals surface area contributed by atoms with Crippen LogP contribution in [0.4, 0.5) is 0 Å². The van der Waals surface area contributed by atoms with Crippen LogP contribution in [0.25, 0.3) is 0 Å². The average molecular weight is 192 g/mol. The number of hydrogen-bond donors (Lipinski definition) is 0. The van der Waals surface area contributed by atoms with Crippen molar-refractivity contribution in [3.8, 4) is 0 Å². The fourth-order valence-corrected chi connectivity index (χ4v) is 0. The topological polar surface area (TPSA) is 9.23 Å². The van der Waals surface area contributed by atoms with E-state index in [9.17, 15) is 0 Å². The van der Waals surface area contributed by atoms with Gasteiger partial charge in [0.05, 0.1) is 0 Å². The van der Waals surface area contributed by atoms with Crippen LogP contribution in [0.2, 0.25) is 0 Å². The smallest absolute Gasteiger partial charge is 1.00 e. The first-order valence-electron chi connectivity index (χ1n) is 1.91. The van der Waals surface area contributed by atoms with E-state index in [1.165, 1.54) is 0 Å². The molecule has 0 saturated heterocycles. The number of halogens is 2. The molecule has 0 aromatic heterocycles. The van der Waals surface area contributed by atoms with Gasteiger partial charge in [-0.05, 0) is 0 Å². The van der Waals surface area contributed by atoms with E-state index in [1.807, 2.05) is 20.8 Å². The first-order chi connectivity index (χ1) is 2.56. The van der Waals surface area contributed by atoms with E-state index in [-0.39, 0.29) is 30.4 Å².